The number of hydrogen-bond donors (Lipinski definition) is 1. The molecule has 6 nitrogen and oxygen atoms in total. The average molecular weight is 391 g/mol. The van der Waals surface area contributed by atoms with Crippen LogP contribution in [-0.4, -0.2) is 38.5 Å². The molecule has 2 aromatic rings. The van der Waals surface area contributed by atoms with Crippen LogP contribution in [0.4, 0.5) is 0 Å². The fraction of sp³-hybridized carbons (Fsp3) is 0.300. The molecular formula is C20H23ClN2O4. The number of hydrazone groups is 1. The van der Waals surface area contributed by atoms with Crippen molar-refractivity contribution in [3.63, 3.8) is 0 Å². The van der Waals surface area contributed by atoms with Gasteiger partial charge in [0.15, 0.2) is 0 Å². The van der Waals surface area contributed by atoms with Crippen molar-refractivity contribution < 1.29 is 19.0 Å². The van der Waals surface area contributed by atoms with Gasteiger partial charge in [-0.25, -0.2) is 5.43 Å². The first-order chi connectivity index (χ1) is 13.0. The first-order valence-corrected chi connectivity index (χ1v) is 8.91. The van der Waals surface area contributed by atoms with Gasteiger partial charge in [0, 0.05) is 17.5 Å². The molecule has 0 radical (unpaired) electrons. The van der Waals surface area contributed by atoms with Crippen LogP contribution in [0.5, 0.6) is 11.5 Å². The van der Waals surface area contributed by atoms with E-state index < -0.39 is 0 Å². The SMILES string of the molecule is CC(=O)N/N=C\c1cc(Cl)ccc1OCCOCCOc1ccc(C)cc1. The van der Waals surface area contributed by atoms with Crippen LogP contribution in [0.3, 0.4) is 0 Å². The molecule has 1 amide bonds. The average Bonchev–Trinajstić information content (AvgIpc) is 2.63. The second-order valence-corrected chi connectivity index (χ2v) is 6.17. The molecule has 1 N–H and O–H groups in total. The van der Waals surface area contributed by atoms with Gasteiger partial charge in [-0.05, 0) is 37.3 Å². The summed E-state index contributed by atoms with van der Waals surface area (Å²) in [6.45, 7) is 5.14. The van der Waals surface area contributed by atoms with Crippen molar-refractivity contribution >= 4 is 23.7 Å². The Morgan fingerprint density at radius 2 is 1.78 bits per heavy atom. The fourth-order valence-corrected chi connectivity index (χ4v) is 2.29. The Hall–Kier alpha value is -2.57. The van der Waals surface area contributed by atoms with Crippen LogP contribution in [0.1, 0.15) is 18.1 Å². The number of carbonyl (C=O) groups excluding carboxylic acids is 1. The van der Waals surface area contributed by atoms with E-state index in [-0.39, 0.29) is 5.91 Å². The zero-order chi connectivity index (χ0) is 19.5. The summed E-state index contributed by atoms with van der Waals surface area (Å²) in [6, 6.07) is 13.1. The first-order valence-electron chi connectivity index (χ1n) is 8.54. The molecule has 144 valence electrons. The van der Waals surface area contributed by atoms with E-state index in [0.29, 0.717) is 42.8 Å². The lowest BCUT2D eigenvalue weighted by atomic mass is 10.2. The summed E-state index contributed by atoms with van der Waals surface area (Å²) in [5, 5.41) is 4.39. The number of halogens is 1. The van der Waals surface area contributed by atoms with Gasteiger partial charge in [-0.2, -0.15) is 5.10 Å². The first kappa shape index (κ1) is 20.7. The van der Waals surface area contributed by atoms with Crippen molar-refractivity contribution in [2.45, 2.75) is 13.8 Å². The third-order valence-corrected chi connectivity index (χ3v) is 3.64. The van der Waals surface area contributed by atoms with Gasteiger partial charge < -0.3 is 14.2 Å². The van der Waals surface area contributed by atoms with Crippen LogP contribution in [0.15, 0.2) is 47.6 Å². The number of ether oxygens (including phenoxy) is 3. The summed E-state index contributed by atoms with van der Waals surface area (Å²) in [4.78, 5) is 10.9. The van der Waals surface area contributed by atoms with Gasteiger partial charge in [0.1, 0.15) is 24.7 Å². The molecule has 0 heterocycles. The molecule has 7 heteroatoms. The maximum absolute atomic E-state index is 10.9. The summed E-state index contributed by atoms with van der Waals surface area (Å²) in [7, 11) is 0. The molecule has 0 aliphatic rings. The Kier molecular flexibility index (Phi) is 8.61. The van der Waals surface area contributed by atoms with E-state index in [0.717, 1.165) is 5.75 Å². The van der Waals surface area contributed by atoms with E-state index in [4.69, 9.17) is 25.8 Å². The van der Waals surface area contributed by atoms with Gasteiger partial charge in [-0.3, -0.25) is 4.79 Å². The maximum atomic E-state index is 10.9. The van der Waals surface area contributed by atoms with E-state index in [1.54, 1.807) is 18.2 Å². The number of nitrogens with one attached hydrogen (secondary N) is 1. The fourth-order valence-electron chi connectivity index (χ4n) is 2.11. The zero-order valence-corrected chi connectivity index (χ0v) is 16.2. The van der Waals surface area contributed by atoms with Gasteiger partial charge in [0.25, 0.3) is 0 Å². The number of benzene rings is 2. The van der Waals surface area contributed by atoms with Crippen LogP contribution >= 0.6 is 11.6 Å². The third kappa shape index (κ3) is 8.11. The number of aryl methyl sites for hydroxylation is 1. The predicted molar refractivity (Wildman–Crippen MR) is 106 cm³/mol. The van der Waals surface area contributed by atoms with Gasteiger partial charge in [0.05, 0.1) is 19.4 Å². The molecule has 0 atom stereocenters. The number of rotatable bonds is 10. The number of carbonyl (C=O) groups is 1. The van der Waals surface area contributed by atoms with Crippen molar-refractivity contribution in [1.29, 1.82) is 0 Å². The van der Waals surface area contributed by atoms with Gasteiger partial charge >= 0.3 is 0 Å². The molecule has 0 saturated heterocycles. The topological polar surface area (TPSA) is 69.2 Å². The van der Waals surface area contributed by atoms with Crippen molar-refractivity contribution in [2.75, 3.05) is 26.4 Å². The Morgan fingerprint density at radius 3 is 2.48 bits per heavy atom. The molecular weight excluding hydrogens is 368 g/mol. The molecule has 0 saturated carbocycles. The quantitative estimate of drug-likeness (QED) is 0.382. The van der Waals surface area contributed by atoms with Crippen LogP contribution < -0.4 is 14.9 Å². The molecule has 0 aliphatic heterocycles. The predicted octanol–water partition coefficient (Wildman–Crippen LogP) is 3.59. The van der Waals surface area contributed by atoms with Crippen LogP contribution in [0.2, 0.25) is 5.02 Å². The van der Waals surface area contributed by atoms with E-state index in [1.165, 1.54) is 18.7 Å². The largest absolute Gasteiger partial charge is 0.491 e. The smallest absolute Gasteiger partial charge is 0.236 e. The van der Waals surface area contributed by atoms with Crippen LogP contribution in [0.25, 0.3) is 0 Å². The third-order valence-electron chi connectivity index (χ3n) is 3.40. The van der Waals surface area contributed by atoms with Crippen molar-refractivity contribution in [3.05, 3.63) is 58.6 Å². The number of amides is 1. The second kappa shape index (κ2) is 11.2. The van der Waals surface area contributed by atoms with E-state index >= 15 is 0 Å². The summed E-state index contributed by atoms with van der Waals surface area (Å²) in [6.07, 6.45) is 1.49. The van der Waals surface area contributed by atoms with Crippen LogP contribution in [0, 0.1) is 6.92 Å². The Labute approximate surface area is 164 Å². The normalized spacial score (nSPS) is 10.8. The van der Waals surface area contributed by atoms with Gasteiger partial charge in [0.2, 0.25) is 5.91 Å². The highest BCUT2D eigenvalue weighted by Gasteiger charge is 2.03. The van der Waals surface area contributed by atoms with Crippen molar-refractivity contribution in [3.8, 4) is 11.5 Å². The van der Waals surface area contributed by atoms with Gasteiger partial charge in [-0.1, -0.05) is 29.3 Å². The Balaban J connectivity index is 1.69. The minimum atomic E-state index is -0.253. The monoisotopic (exact) mass is 390 g/mol. The second-order valence-electron chi connectivity index (χ2n) is 5.73. The van der Waals surface area contributed by atoms with E-state index in [1.807, 2.05) is 31.2 Å². The molecule has 0 spiro atoms. The lowest BCUT2D eigenvalue weighted by Gasteiger charge is -2.10. The standard InChI is InChI=1S/C20H23ClN2O4/c1-15-3-6-19(7-4-15)26-11-9-25-10-12-27-20-8-5-18(21)13-17(20)14-22-23-16(2)24/h3-8,13-14H,9-12H2,1-2H3,(H,23,24)/b22-14-. The van der Waals surface area contributed by atoms with E-state index in [9.17, 15) is 4.79 Å². The molecule has 0 fully saturated rings. The number of hydrogen-bond acceptors (Lipinski definition) is 5. The highest BCUT2D eigenvalue weighted by atomic mass is 35.5. The molecule has 0 aromatic heterocycles. The molecule has 0 unspecified atom stereocenters. The van der Waals surface area contributed by atoms with Crippen molar-refractivity contribution in [1.82, 2.24) is 5.43 Å². The molecule has 2 aromatic carbocycles. The van der Waals surface area contributed by atoms with Crippen LogP contribution in [-0.2, 0) is 9.53 Å². The summed E-state index contributed by atoms with van der Waals surface area (Å²) in [5.74, 6) is 1.18. The minimum Gasteiger partial charge on any atom is -0.491 e. The lowest BCUT2D eigenvalue weighted by molar-refractivity contribution is -0.118. The van der Waals surface area contributed by atoms with Gasteiger partial charge in [-0.15, -0.1) is 0 Å². The van der Waals surface area contributed by atoms with E-state index in [2.05, 4.69) is 10.5 Å². The maximum Gasteiger partial charge on any atom is 0.236 e. The molecule has 2 rings (SSSR count). The summed E-state index contributed by atoms with van der Waals surface area (Å²) >= 11 is 5.99. The molecule has 27 heavy (non-hydrogen) atoms. The zero-order valence-electron chi connectivity index (χ0n) is 15.4. The Morgan fingerprint density at radius 1 is 1.07 bits per heavy atom. The highest BCUT2D eigenvalue weighted by molar-refractivity contribution is 6.30. The highest BCUT2D eigenvalue weighted by Crippen LogP contribution is 2.21. The number of nitrogens with zero attached hydrogens (tertiary/aromatic N) is 1. The summed E-state index contributed by atoms with van der Waals surface area (Å²) in [5.41, 5.74) is 4.20. The minimum absolute atomic E-state index is 0.253. The molecule has 0 aliphatic carbocycles. The molecule has 0 bridgehead atoms. The summed E-state index contributed by atoms with van der Waals surface area (Å²) < 4.78 is 16.8. The lowest BCUT2D eigenvalue weighted by Crippen LogP contribution is -2.13. The van der Waals surface area contributed by atoms with Crippen molar-refractivity contribution in [2.24, 2.45) is 5.10 Å². The Bertz CT molecular complexity index is 763.